The summed E-state index contributed by atoms with van der Waals surface area (Å²) >= 11 is 0. The molecule has 0 aromatic heterocycles. The Hall–Kier alpha value is -4.67. The number of nitro groups is 2. The summed E-state index contributed by atoms with van der Waals surface area (Å²) in [4.78, 5) is 24.5. The van der Waals surface area contributed by atoms with Crippen molar-refractivity contribution in [2.45, 2.75) is 0 Å². The molecule has 0 saturated carbocycles. The largest absolute Gasteiger partial charge is 0.507 e. The van der Waals surface area contributed by atoms with E-state index in [1.165, 1.54) is 24.4 Å². The predicted molar refractivity (Wildman–Crippen MR) is 112 cm³/mol. The first-order valence-corrected chi connectivity index (χ1v) is 8.73. The molecule has 1 N–H and O–H groups in total. The highest BCUT2D eigenvalue weighted by atomic mass is 16.6. The van der Waals surface area contributed by atoms with Crippen LogP contribution in [0.1, 0.15) is 5.56 Å². The van der Waals surface area contributed by atoms with Crippen LogP contribution < -0.4 is 4.74 Å². The maximum atomic E-state index is 11.2. The zero-order valence-corrected chi connectivity index (χ0v) is 16.1. The number of aliphatic imine (C=N–C) groups is 1. The van der Waals surface area contributed by atoms with Crippen LogP contribution in [-0.2, 0) is 0 Å². The summed E-state index contributed by atoms with van der Waals surface area (Å²) in [6.07, 6.45) is 1.20. The molecule has 31 heavy (non-hydrogen) atoms. The molecule has 0 bridgehead atoms. The van der Waals surface area contributed by atoms with Gasteiger partial charge >= 0.3 is 5.69 Å². The van der Waals surface area contributed by atoms with Crippen molar-refractivity contribution in [2.75, 3.05) is 7.11 Å². The summed E-state index contributed by atoms with van der Waals surface area (Å²) in [6.45, 7) is 0. The average Bonchev–Trinajstić information content (AvgIpc) is 2.77. The highest BCUT2D eigenvalue weighted by Crippen LogP contribution is 2.32. The van der Waals surface area contributed by atoms with Crippen LogP contribution in [-0.4, -0.2) is 28.3 Å². The van der Waals surface area contributed by atoms with Gasteiger partial charge in [0, 0.05) is 17.8 Å². The maximum absolute atomic E-state index is 11.2. The normalized spacial score (nSPS) is 11.1. The van der Waals surface area contributed by atoms with Gasteiger partial charge in [-0.2, -0.15) is 10.2 Å². The zero-order valence-electron chi connectivity index (χ0n) is 16.1. The van der Waals surface area contributed by atoms with Crippen LogP contribution in [0.4, 0.5) is 28.4 Å². The second kappa shape index (κ2) is 9.22. The third-order valence-electron chi connectivity index (χ3n) is 4.07. The van der Waals surface area contributed by atoms with Gasteiger partial charge in [-0.3, -0.25) is 20.2 Å². The monoisotopic (exact) mass is 421 g/mol. The molecule has 0 atom stereocenters. The van der Waals surface area contributed by atoms with Crippen molar-refractivity contribution >= 4 is 34.7 Å². The molecule has 0 amide bonds. The second-order valence-corrected chi connectivity index (χ2v) is 6.09. The number of aromatic hydroxyl groups is 1. The molecule has 11 heteroatoms. The highest BCUT2D eigenvalue weighted by molar-refractivity contribution is 5.87. The molecule has 0 aliphatic rings. The number of phenols is 1. The van der Waals surface area contributed by atoms with Crippen LogP contribution in [0.25, 0.3) is 0 Å². The molecule has 0 aliphatic carbocycles. The summed E-state index contributed by atoms with van der Waals surface area (Å²) in [5.41, 5.74) is 0.188. The van der Waals surface area contributed by atoms with Gasteiger partial charge in [0.05, 0.1) is 34.4 Å². The molecule has 0 radical (unpaired) electrons. The standard InChI is InChI=1S/C20H15N5O6/c1-31-17-6-2-14(3-7-17)22-23-15-4-9-20(26)13(10-15)12-21-18-8-5-16(24(27)28)11-19(18)25(29)30/h2-12,26H,1H3. The van der Waals surface area contributed by atoms with Crippen molar-refractivity contribution in [2.24, 2.45) is 15.2 Å². The number of azo groups is 1. The molecule has 0 spiro atoms. The van der Waals surface area contributed by atoms with Gasteiger partial charge in [-0.15, -0.1) is 0 Å². The number of nitrogens with zero attached hydrogens (tertiary/aromatic N) is 5. The molecule has 0 fully saturated rings. The van der Waals surface area contributed by atoms with E-state index in [0.29, 0.717) is 17.1 Å². The third-order valence-corrected chi connectivity index (χ3v) is 4.07. The first-order chi connectivity index (χ1) is 14.9. The van der Waals surface area contributed by atoms with Crippen LogP contribution in [0.3, 0.4) is 0 Å². The Balaban J connectivity index is 1.86. The maximum Gasteiger partial charge on any atom is 0.301 e. The molecular formula is C20H15N5O6. The van der Waals surface area contributed by atoms with Crippen LogP contribution in [0.15, 0.2) is 75.9 Å². The SMILES string of the molecule is COc1ccc(N=Nc2ccc(O)c(C=Nc3ccc([N+](=O)[O-])cc3[N+](=O)[O-])c2)cc1. The lowest BCUT2D eigenvalue weighted by atomic mass is 10.2. The Morgan fingerprint density at radius 1 is 0.903 bits per heavy atom. The van der Waals surface area contributed by atoms with E-state index in [-0.39, 0.29) is 17.0 Å². The number of nitro benzene ring substituents is 2. The molecule has 156 valence electrons. The number of hydrogen-bond donors (Lipinski definition) is 1. The molecule has 0 saturated heterocycles. The van der Waals surface area contributed by atoms with Gasteiger partial charge in [-0.25, -0.2) is 4.99 Å². The van der Waals surface area contributed by atoms with Crippen molar-refractivity contribution in [3.63, 3.8) is 0 Å². The zero-order chi connectivity index (χ0) is 22.4. The van der Waals surface area contributed by atoms with E-state index in [2.05, 4.69) is 15.2 Å². The lowest BCUT2D eigenvalue weighted by molar-refractivity contribution is -0.393. The van der Waals surface area contributed by atoms with E-state index < -0.39 is 21.2 Å². The Bertz CT molecular complexity index is 1190. The minimum absolute atomic E-state index is 0.0970. The molecule has 3 aromatic rings. The molecule has 0 unspecified atom stereocenters. The molecule has 3 aromatic carbocycles. The van der Waals surface area contributed by atoms with Gasteiger partial charge in [0.25, 0.3) is 5.69 Å². The second-order valence-electron chi connectivity index (χ2n) is 6.09. The lowest BCUT2D eigenvalue weighted by Crippen LogP contribution is -1.93. The summed E-state index contributed by atoms with van der Waals surface area (Å²) in [5, 5.41) is 40.3. The third kappa shape index (κ3) is 5.23. The highest BCUT2D eigenvalue weighted by Gasteiger charge is 2.18. The molecule has 0 aliphatic heterocycles. The number of ether oxygens (including phenoxy) is 1. The van der Waals surface area contributed by atoms with E-state index >= 15 is 0 Å². The van der Waals surface area contributed by atoms with Crippen LogP contribution in [0.5, 0.6) is 11.5 Å². The van der Waals surface area contributed by atoms with E-state index in [0.717, 1.165) is 18.2 Å². The first kappa shape index (κ1) is 21.0. The van der Waals surface area contributed by atoms with Gasteiger partial charge < -0.3 is 9.84 Å². The first-order valence-electron chi connectivity index (χ1n) is 8.73. The fourth-order valence-corrected chi connectivity index (χ4v) is 2.49. The molecule has 3 rings (SSSR count). The minimum Gasteiger partial charge on any atom is -0.507 e. The predicted octanol–water partition coefficient (Wildman–Crippen LogP) is 5.38. The number of hydrogen-bond acceptors (Lipinski definition) is 9. The Labute approximate surface area is 175 Å². The van der Waals surface area contributed by atoms with Crippen LogP contribution in [0.2, 0.25) is 0 Å². The van der Waals surface area contributed by atoms with E-state index in [1.807, 2.05) is 0 Å². The Morgan fingerprint density at radius 3 is 2.23 bits per heavy atom. The van der Waals surface area contributed by atoms with Crippen molar-refractivity contribution in [3.8, 4) is 11.5 Å². The molecule has 0 heterocycles. The molecule has 11 nitrogen and oxygen atoms in total. The quantitative estimate of drug-likeness (QED) is 0.234. The lowest BCUT2D eigenvalue weighted by Gasteiger charge is -2.01. The van der Waals surface area contributed by atoms with Crippen molar-refractivity contribution < 1.29 is 19.7 Å². The summed E-state index contributed by atoms with van der Waals surface area (Å²) in [6, 6.07) is 14.4. The van der Waals surface area contributed by atoms with Gasteiger partial charge in [-0.05, 0) is 48.5 Å². The Morgan fingerprint density at radius 2 is 1.58 bits per heavy atom. The van der Waals surface area contributed by atoms with Gasteiger partial charge in [-0.1, -0.05) is 0 Å². The Kier molecular flexibility index (Phi) is 6.26. The topological polar surface area (TPSA) is 153 Å². The number of benzene rings is 3. The minimum atomic E-state index is -0.765. The van der Waals surface area contributed by atoms with Crippen molar-refractivity contribution in [1.82, 2.24) is 0 Å². The van der Waals surface area contributed by atoms with Gasteiger partial charge in [0.2, 0.25) is 0 Å². The number of rotatable bonds is 7. The number of non-ortho nitro benzene ring substituents is 1. The summed E-state index contributed by atoms with van der Waals surface area (Å²) < 4.78 is 5.08. The number of phenolic OH excluding ortho intramolecular Hbond substituents is 1. The van der Waals surface area contributed by atoms with Crippen LogP contribution >= 0.6 is 0 Å². The average molecular weight is 421 g/mol. The molecular weight excluding hydrogens is 406 g/mol. The summed E-state index contributed by atoms with van der Waals surface area (Å²) in [7, 11) is 1.56. The van der Waals surface area contributed by atoms with Crippen molar-refractivity contribution in [3.05, 3.63) is 86.5 Å². The smallest absolute Gasteiger partial charge is 0.301 e. The van der Waals surface area contributed by atoms with E-state index in [1.54, 1.807) is 31.4 Å². The number of methoxy groups -OCH3 is 1. The fourth-order valence-electron chi connectivity index (χ4n) is 2.49. The van der Waals surface area contributed by atoms with E-state index in [9.17, 15) is 25.3 Å². The van der Waals surface area contributed by atoms with Gasteiger partial charge in [0.1, 0.15) is 17.2 Å². The van der Waals surface area contributed by atoms with Gasteiger partial charge in [0.15, 0.2) is 0 Å². The van der Waals surface area contributed by atoms with E-state index in [4.69, 9.17) is 4.74 Å². The van der Waals surface area contributed by atoms with Crippen molar-refractivity contribution in [1.29, 1.82) is 0 Å². The summed E-state index contributed by atoms with van der Waals surface area (Å²) in [5.74, 6) is 0.555. The fraction of sp³-hybridized carbons (Fsp3) is 0.0500. The van der Waals surface area contributed by atoms with Crippen LogP contribution in [0, 0.1) is 20.2 Å².